The first kappa shape index (κ1) is 21.3. The molecule has 0 aliphatic rings. The Morgan fingerprint density at radius 1 is 0.844 bits per heavy atom. The minimum Gasteiger partial charge on any atom is -0.462 e. The molecular formula is C26H21NO4S. The summed E-state index contributed by atoms with van der Waals surface area (Å²) in [4.78, 5) is 26.6. The van der Waals surface area contributed by atoms with E-state index in [4.69, 9.17) is 9.47 Å². The maximum Gasteiger partial charge on any atom is 0.350 e. The molecule has 0 fully saturated rings. The van der Waals surface area contributed by atoms with Crippen molar-refractivity contribution in [2.45, 2.75) is 6.92 Å². The maximum atomic E-state index is 12.9. The average molecular weight is 444 g/mol. The van der Waals surface area contributed by atoms with E-state index >= 15 is 0 Å². The summed E-state index contributed by atoms with van der Waals surface area (Å²) in [5.41, 5.74) is 1.85. The number of carbonyl (C=O) groups excluding carboxylic acids is 2. The highest BCUT2D eigenvalue weighted by Gasteiger charge is 2.20. The van der Waals surface area contributed by atoms with Gasteiger partial charge in [0.2, 0.25) is 0 Å². The molecule has 6 heteroatoms. The van der Waals surface area contributed by atoms with Crippen LogP contribution in [0.4, 0.5) is 5.69 Å². The van der Waals surface area contributed by atoms with Crippen LogP contribution in [0, 0.1) is 0 Å². The maximum absolute atomic E-state index is 12.9. The monoisotopic (exact) mass is 443 g/mol. The number of thiophene rings is 1. The minimum atomic E-state index is -0.457. The summed E-state index contributed by atoms with van der Waals surface area (Å²) in [5, 5.41) is 2.86. The molecule has 0 spiro atoms. The fourth-order valence-corrected chi connectivity index (χ4v) is 4.08. The summed E-state index contributed by atoms with van der Waals surface area (Å²) >= 11 is 1.29. The molecule has 0 aliphatic heterocycles. The van der Waals surface area contributed by atoms with Crippen molar-refractivity contribution < 1.29 is 19.1 Å². The lowest BCUT2D eigenvalue weighted by atomic mass is 10.1. The Kier molecular flexibility index (Phi) is 6.63. The second-order valence-electron chi connectivity index (χ2n) is 6.83. The lowest BCUT2D eigenvalue weighted by Crippen LogP contribution is -2.14. The molecule has 0 aliphatic carbocycles. The zero-order valence-electron chi connectivity index (χ0n) is 17.4. The van der Waals surface area contributed by atoms with Gasteiger partial charge < -0.3 is 14.8 Å². The molecule has 1 amide bonds. The molecule has 5 nitrogen and oxygen atoms in total. The summed E-state index contributed by atoms with van der Waals surface area (Å²) in [6.45, 7) is 2.01. The summed E-state index contributed by atoms with van der Waals surface area (Å²) in [6.07, 6.45) is 0. The van der Waals surface area contributed by atoms with Gasteiger partial charge in [-0.05, 0) is 55.0 Å². The normalized spacial score (nSPS) is 10.4. The van der Waals surface area contributed by atoms with Crippen LogP contribution in [0.15, 0.2) is 91.0 Å². The molecule has 4 aromatic rings. The van der Waals surface area contributed by atoms with Crippen molar-refractivity contribution in [1.82, 2.24) is 0 Å². The Morgan fingerprint density at radius 3 is 2.12 bits per heavy atom. The van der Waals surface area contributed by atoms with Gasteiger partial charge in [0, 0.05) is 10.4 Å². The van der Waals surface area contributed by atoms with Crippen LogP contribution in [0.25, 0.3) is 10.4 Å². The minimum absolute atomic E-state index is 0.258. The Labute approximate surface area is 190 Å². The Morgan fingerprint density at radius 2 is 1.47 bits per heavy atom. The molecule has 160 valence electrons. The van der Waals surface area contributed by atoms with E-state index in [9.17, 15) is 9.59 Å². The molecule has 0 radical (unpaired) electrons. The van der Waals surface area contributed by atoms with Crippen molar-refractivity contribution in [3.05, 3.63) is 101 Å². The SMILES string of the molecule is CCOC(=O)c1sc(-c2ccccc2)cc1NC(=O)c1ccc(Oc2ccccc2)cc1. The van der Waals surface area contributed by atoms with E-state index in [1.807, 2.05) is 60.7 Å². The quantitative estimate of drug-likeness (QED) is 0.325. The number of anilines is 1. The summed E-state index contributed by atoms with van der Waals surface area (Å²) in [6, 6.07) is 27.7. The van der Waals surface area contributed by atoms with Crippen LogP contribution in [-0.4, -0.2) is 18.5 Å². The van der Waals surface area contributed by atoms with Crippen molar-refractivity contribution in [3.63, 3.8) is 0 Å². The highest BCUT2D eigenvalue weighted by molar-refractivity contribution is 7.18. The molecule has 1 N–H and O–H groups in total. The number of amides is 1. The van der Waals surface area contributed by atoms with Gasteiger partial charge in [0.05, 0.1) is 12.3 Å². The number of hydrogen-bond donors (Lipinski definition) is 1. The molecule has 32 heavy (non-hydrogen) atoms. The van der Waals surface area contributed by atoms with Crippen molar-refractivity contribution in [2.75, 3.05) is 11.9 Å². The molecule has 0 saturated heterocycles. The lowest BCUT2D eigenvalue weighted by molar-refractivity contribution is 0.0533. The third-order valence-corrected chi connectivity index (χ3v) is 5.76. The molecule has 4 rings (SSSR count). The third kappa shape index (κ3) is 5.04. The van der Waals surface area contributed by atoms with Crippen molar-refractivity contribution in [3.8, 4) is 21.9 Å². The highest BCUT2D eigenvalue weighted by Crippen LogP contribution is 2.35. The van der Waals surface area contributed by atoms with Gasteiger partial charge in [0.25, 0.3) is 5.91 Å². The number of rotatable bonds is 7. The predicted octanol–water partition coefficient (Wildman–Crippen LogP) is 6.64. The average Bonchev–Trinajstić information content (AvgIpc) is 3.25. The molecule has 1 aromatic heterocycles. The van der Waals surface area contributed by atoms with Crippen LogP contribution < -0.4 is 10.1 Å². The zero-order valence-corrected chi connectivity index (χ0v) is 18.2. The van der Waals surface area contributed by atoms with Crippen LogP contribution in [-0.2, 0) is 4.74 Å². The highest BCUT2D eigenvalue weighted by atomic mass is 32.1. The van der Waals surface area contributed by atoms with Crippen LogP contribution in [0.1, 0.15) is 27.0 Å². The van der Waals surface area contributed by atoms with Crippen molar-refractivity contribution in [2.24, 2.45) is 0 Å². The number of para-hydroxylation sites is 1. The number of nitrogens with one attached hydrogen (secondary N) is 1. The second-order valence-corrected chi connectivity index (χ2v) is 7.89. The van der Waals surface area contributed by atoms with Gasteiger partial charge in [0.15, 0.2) is 0 Å². The van der Waals surface area contributed by atoms with Gasteiger partial charge in [-0.1, -0.05) is 48.5 Å². The number of carbonyl (C=O) groups is 2. The topological polar surface area (TPSA) is 64.6 Å². The van der Waals surface area contributed by atoms with Crippen LogP contribution in [0.3, 0.4) is 0 Å². The van der Waals surface area contributed by atoms with Gasteiger partial charge in [-0.25, -0.2) is 4.79 Å². The molecule has 0 saturated carbocycles. The lowest BCUT2D eigenvalue weighted by Gasteiger charge is -2.08. The van der Waals surface area contributed by atoms with E-state index in [0.717, 1.165) is 16.2 Å². The first-order valence-corrected chi connectivity index (χ1v) is 11.0. The molecule has 0 bridgehead atoms. The summed E-state index contributed by atoms with van der Waals surface area (Å²) in [5.74, 6) is 0.568. The second kappa shape index (κ2) is 9.94. The van der Waals surface area contributed by atoms with E-state index in [1.54, 1.807) is 37.3 Å². The first-order chi connectivity index (χ1) is 15.6. The van der Waals surface area contributed by atoms with E-state index in [1.165, 1.54) is 11.3 Å². The Bertz CT molecular complexity index is 1200. The molecule has 3 aromatic carbocycles. The van der Waals surface area contributed by atoms with Crippen LogP contribution in [0.2, 0.25) is 0 Å². The fourth-order valence-electron chi connectivity index (χ4n) is 3.07. The molecular weight excluding hydrogens is 422 g/mol. The summed E-state index contributed by atoms with van der Waals surface area (Å²) in [7, 11) is 0. The van der Waals surface area contributed by atoms with E-state index in [-0.39, 0.29) is 12.5 Å². The van der Waals surface area contributed by atoms with E-state index in [0.29, 0.717) is 21.9 Å². The predicted molar refractivity (Wildman–Crippen MR) is 127 cm³/mol. The third-order valence-electron chi connectivity index (χ3n) is 4.59. The molecule has 0 atom stereocenters. The van der Waals surface area contributed by atoms with Gasteiger partial charge >= 0.3 is 5.97 Å². The Balaban J connectivity index is 1.54. The number of benzene rings is 3. The van der Waals surface area contributed by atoms with Crippen LogP contribution in [0.5, 0.6) is 11.5 Å². The fraction of sp³-hybridized carbons (Fsp3) is 0.0769. The van der Waals surface area contributed by atoms with Crippen molar-refractivity contribution >= 4 is 28.9 Å². The first-order valence-electron chi connectivity index (χ1n) is 10.1. The van der Waals surface area contributed by atoms with Crippen molar-refractivity contribution in [1.29, 1.82) is 0 Å². The molecule has 0 unspecified atom stereocenters. The number of esters is 1. The zero-order chi connectivity index (χ0) is 22.3. The summed E-state index contributed by atoms with van der Waals surface area (Å²) < 4.78 is 11.0. The standard InChI is InChI=1S/C26H21NO4S/c1-2-30-26(29)24-22(17-23(32-24)18-9-5-3-6-10-18)27-25(28)19-13-15-21(16-14-19)31-20-11-7-4-8-12-20/h3-17H,2H2,1H3,(H,27,28). The number of ether oxygens (including phenoxy) is 2. The van der Waals surface area contributed by atoms with Gasteiger partial charge in [-0.15, -0.1) is 11.3 Å². The van der Waals surface area contributed by atoms with E-state index < -0.39 is 5.97 Å². The Hall–Kier alpha value is -3.90. The van der Waals surface area contributed by atoms with Gasteiger partial charge in [-0.3, -0.25) is 4.79 Å². The smallest absolute Gasteiger partial charge is 0.350 e. The molecule has 1 heterocycles. The van der Waals surface area contributed by atoms with E-state index in [2.05, 4.69) is 5.32 Å². The largest absolute Gasteiger partial charge is 0.462 e. The van der Waals surface area contributed by atoms with Crippen LogP contribution >= 0.6 is 11.3 Å². The van der Waals surface area contributed by atoms with Gasteiger partial charge in [-0.2, -0.15) is 0 Å². The number of hydrogen-bond acceptors (Lipinski definition) is 5. The van der Waals surface area contributed by atoms with Gasteiger partial charge in [0.1, 0.15) is 16.4 Å².